The first-order chi connectivity index (χ1) is 11.8. The molecule has 126 valence electrons. The Morgan fingerprint density at radius 1 is 0.958 bits per heavy atom. The third-order valence-corrected chi connectivity index (χ3v) is 4.92. The summed E-state index contributed by atoms with van der Waals surface area (Å²) in [4.78, 5) is 2.42. The highest BCUT2D eigenvalue weighted by Crippen LogP contribution is 2.35. The maximum atomic E-state index is 6.42. The smallest absolute Gasteiger partial charge is 0.165 e. The van der Waals surface area contributed by atoms with Crippen LogP contribution in [0.25, 0.3) is 0 Å². The second-order valence-electron chi connectivity index (χ2n) is 6.67. The van der Waals surface area contributed by atoms with Crippen LogP contribution >= 0.6 is 0 Å². The van der Waals surface area contributed by atoms with Gasteiger partial charge in [0, 0.05) is 43.6 Å². The first kappa shape index (κ1) is 15.5. The van der Waals surface area contributed by atoms with Gasteiger partial charge in [-0.15, -0.1) is 0 Å². The fourth-order valence-electron chi connectivity index (χ4n) is 3.71. The van der Waals surface area contributed by atoms with Crippen molar-refractivity contribution in [3.05, 3.63) is 59.7 Å². The van der Waals surface area contributed by atoms with E-state index in [0.717, 1.165) is 50.8 Å². The first-order valence-corrected chi connectivity index (χ1v) is 8.71. The molecule has 0 spiro atoms. The van der Waals surface area contributed by atoms with Crippen LogP contribution < -0.4 is 15.2 Å². The molecule has 2 N–H and O–H groups in total. The van der Waals surface area contributed by atoms with Crippen molar-refractivity contribution in [2.24, 2.45) is 5.73 Å². The summed E-state index contributed by atoms with van der Waals surface area (Å²) in [5, 5.41) is 0. The second-order valence-corrected chi connectivity index (χ2v) is 6.67. The maximum absolute atomic E-state index is 6.42. The molecule has 2 aromatic carbocycles. The van der Waals surface area contributed by atoms with Crippen LogP contribution in [0.4, 0.5) is 0 Å². The van der Waals surface area contributed by atoms with Crippen LogP contribution in [0.3, 0.4) is 0 Å². The molecule has 2 aliphatic heterocycles. The lowest BCUT2D eigenvalue weighted by Crippen LogP contribution is -2.28. The fourth-order valence-corrected chi connectivity index (χ4v) is 3.71. The van der Waals surface area contributed by atoms with Gasteiger partial charge in [-0.05, 0) is 11.6 Å². The van der Waals surface area contributed by atoms with Crippen LogP contribution in [0, 0.1) is 0 Å². The van der Waals surface area contributed by atoms with Gasteiger partial charge in [0.15, 0.2) is 11.5 Å². The molecule has 2 atom stereocenters. The number of nitrogens with two attached hydrogens (primary N) is 1. The molecule has 0 aliphatic carbocycles. The molecule has 2 aliphatic rings. The fraction of sp³-hybridized carbons (Fsp3) is 0.400. The van der Waals surface area contributed by atoms with Crippen molar-refractivity contribution in [1.29, 1.82) is 0 Å². The van der Waals surface area contributed by atoms with E-state index < -0.39 is 0 Å². The highest BCUT2D eigenvalue weighted by Gasteiger charge is 2.31. The molecule has 0 unspecified atom stereocenters. The van der Waals surface area contributed by atoms with Crippen LogP contribution in [-0.2, 0) is 6.54 Å². The highest BCUT2D eigenvalue weighted by molar-refractivity contribution is 5.47. The summed E-state index contributed by atoms with van der Waals surface area (Å²) in [6, 6.07) is 16.9. The number of ether oxygens (including phenoxy) is 2. The Kier molecular flexibility index (Phi) is 4.41. The van der Waals surface area contributed by atoms with Gasteiger partial charge in [0.25, 0.3) is 0 Å². The van der Waals surface area contributed by atoms with E-state index in [2.05, 4.69) is 41.3 Å². The molecule has 4 rings (SSSR count). The summed E-state index contributed by atoms with van der Waals surface area (Å²) < 4.78 is 11.7. The van der Waals surface area contributed by atoms with E-state index in [1.54, 1.807) is 0 Å². The summed E-state index contributed by atoms with van der Waals surface area (Å²) in [5.74, 6) is 2.17. The Morgan fingerprint density at radius 2 is 1.79 bits per heavy atom. The van der Waals surface area contributed by atoms with Crippen LogP contribution in [0.5, 0.6) is 11.5 Å². The molecule has 24 heavy (non-hydrogen) atoms. The quantitative estimate of drug-likeness (QED) is 0.943. The molecular weight excluding hydrogens is 300 g/mol. The van der Waals surface area contributed by atoms with E-state index in [-0.39, 0.29) is 6.04 Å². The topological polar surface area (TPSA) is 47.7 Å². The van der Waals surface area contributed by atoms with Crippen molar-refractivity contribution in [3.63, 3.8) is 0 Å². The van der Waals surface area contributed by atoms with Crippen LogP contribution in [0.2, 0.25) is 0 Å². The Labute approximate surface area is 143 Å². The van der Waals surface area contributed by atoms with Gasteiger partial charge in [-0.3, -0.25) is 4.90 Å². The van der Waals surface area contributed by atoms with Gasteiger partial charge < -0.3 is 15.2 Å². The minimum absolute atomic E-state index is 0.173. The third kappa shape index (κ3) is 3.12. The SMILES string of the molecule is N[C@@H]1CN(Cc2cccc3c2OCCCO3)C[C@H]1c1ccccc1. The number of para-hydroxylation sites is 1. The third-order valence-electron chi connectivity index (χ3n) is 4.92. The summed E-state index contributed by atoms with van der Waals surface area (Å²) in [6.07, 6.45) is 0.929. The van der Waals surface area contributed by atoms with Gasteiger partial charge >= 0.3 is 0 Å². The van der Waals surface area contributed by atoms with Gasteiger partial charge in [0.1, 0.15) is 0 Å². The van der Waals surface area contributed by atoms with Gasteiger partial charge in [-0.1, -0.05) is 42.5 Å². The average molecular weight is 324 g/mol. The zero-order chi connectivity index (χ0) is 16.4. The Morgan fingerprint density at radius 3 is 2.67 bits per heavy atom. The molecule has 4 nitrogen and oxygen atoms in total. The number of hydrogen-bond donors (Lipinski definition) is 1. The predicted molar refractivity (Wildman–Crippen MR) is 94.5 cm³/mol. The van der Waals surface area contributed by atoms with Crippen molar-refractivity contribution >= 4 is 0 Å². The van der Waals surface area contributed by atoms with Crippen molar-refractivity contribution < 1.29 is 9.47 Å². The number of hydrogen-bond acceptors (Lipinski definition) is 4. The molecule has 2 aromatic rings. The number of rotatable bonds is 3. The minimum Gasteiger partial charge on any atom is -0.490 e. The molecule has 2 heterocycles. The monoisotopic (exact) mass is 324 g/mol. The summed E-state index contributed by atoms with van der Waals surface area (Å²) in [5.41, 5.74) is 8.94. The molecule has 0 bridgehead atoms. The van der Waals surface area contributed by atoms with Crippen LogP contribution in [0.15, 0.2) is 48.5 Å². The van der Waals surface area contributed by atoms with E-state index in [0.29, 0.717) is 5.92 Å². The first-order valence-electron chi connectivity index (χ1n) is 8.71. The van der Waals surface area contributed by atoms with E-state index in [1.165, 1.54) is 11.1 Å². The summed E-state index contributed by atoms with van der Waals surface area (Å²) >= 11 is 0. The summed E-state index contributed by atoms with van der Waals surface area (Å²) in [6.45, 7) is 4.18. The van der Waals surface area contributed by atoms with Gasteiger partial charge in [0.2, 0.25) is 0 Å². The highest BCUT2D eigenvalue weighted by atomic mass is 16.5. The summed E-state index contributed by atoms with van der Waals surface area (Å²) in [7, 11) is 0. The Balaban J connectivity index is 1.51. The lowest BCUT2D eigenvalue weighted by Gasteiger charge is -2.19. The lowest BCUT2D eigenvalue weighted by molar-refractivity contribution is 0.288. The maximum Gasteiger partial charge on any atom is 0.165 e. The Hall–Kier alpha value is -2.04. The average Bonchev–Trinajstić information content (AvgIpc) is 2.82. The van der Waals surface area contributed by atoms with E-state index in [1.807, 2.05) is 12.1 Å². The van der Waals surface area contributed by atoms with Crippen LogP contribution in [-0.4, -0.2) is 37.2 Å². The molecule has 0 aromatic heterocycles. The van der Waals surface area contributed by atoms with E-state index >= 15 is 0 Å². The number of benzene rings is 2. The molecule has 0 radical (unpaired) electrons. The lowest BCUT2D eigenvalue weighted by atomic mass is 9.95. The molecule has 4 heteroatoms. The number of nitrogens with zero attached hydrogens (tertiary/aromatic N) is 1. The zero-order valence-electron chi connectivity index (χ0n) is 13.9. The van der Waals surface area contributed by atoms with Gasteiger partial charge in [-0.25, -0.2) is 0 Å². The molecular formula is C20H24N2O2. The number of fused-ring (bicyclic) bond motifs is 1. The van der Waals surface area contributed by atoms with Crippen molar-refractivity contribution in [2.45, 2.75) is 24.9 Å². The van der Waals surface area contributed by atoms with Gasteiger partial charge in [0.05, 0.1) is 13.2 Å². The van der Waals surface area contributed by atoms with Crippen molar-refractivity contribution in [2.75, 3.05) is 26.3 Å². The Bertz CT molecular complexity index is 689. The number of likely N-dealkylation sites (tertiary alicyclic amines) is 1. The van der Waals surface area contributed by atoms with E-state index in [4.69, 9.17) is 15.2 Å². The van der Waals surface area contributed by atoms with Gasteiger partial charge in [-0.2, -0.15) is 0 Å². The standard InChI is InChI=1S/C20H24N2O2/c21-18-14-22(13-17(18)15-6-2-1-3-7-15)12-16-8-4-9-19-20(16)24-11-5-10-23-19/h1-4,6-9,17-18H,5,10-14,21H2/t17-,18+/m0/s1. The van der Waals surface area contributed by atoms with Crippen molar-refractivity contribution in [1.82, 2.24) is 4.90 Å². The van der Waals surface area contributed by atoms with Crippen molar-refractivity contribution in [3.8, 4) is 11.5 Å². The molecule has 0 amide bonds. The largest absolute Gasteiger partial charge is 0.490 e. The zero-order valence-corrected chi connectivity index (χ0v) is 13.9. The molecule has 0 saturated carbocycles. The molecule has 1 saturated heterocycles. The minimum atomic E-state index is 0.173. The van der Waals surface area contributed by atoms with E-state index in [9.17, 15) is 0 Å². The normalized spacial score (nSPS) is 23.9. The predicted octanol–water partition coefficient (Wildman–Crippen LogP) is 2.77. The second kappa shape index (κ2) is 6.83. The van der Waals surface area contributed by atoms with Crippen LogP contribution in [0.1, 0.15) is 23.5 Å². The molecule has 1 fully saturated rings.